The average molecular weight is 193 g/mol. The third kappa shape index (κ3) is 1.40. The molecule has 1 aliphatic rings. The Hall–Kier alpha value is -1.67. The first-order valence-electron chi connectivity index (χ1n) is 4.31. The zero-order valence-corrected chi connectivity index (χ0v) is 7.37. The van der Waals surface area contributed by atoms with Crippen LogP contribution in [0.25, 0.3) is 0 Å². The van der Waals surface area contributed by atoms with Gasteiger partial charge in [-0.05, 0) is 12.1 Å². The fourth-order valence-corrected chi connectivity index (χ4v) is 1.58. The van der Waals surface area contributed by atoms with Crippen LogP contribution < -0.4 is 4.74 Å². The van der Waals surface area contributed by atoms with Crippen molar-refractivity contribution in [1.82, 2.24) is 0 Å². The fraction of sp³-hybridized carbons (Fsp3) is 0.300. The highest BCUT2D eigenvalue weighted by molar-refractivity contribution is 5.42. The number of hydrogen-bond donors (Lipinski definition) is 0. The molecule has 0 saturated heterocycles. The van der Waals surface area contributed by atoms with Crippen molar-refractivity contribution >= 4 is 6.08 Å². The molecule has 1 atom stereocenters. The molecule has 14 heavy (non-hydrogen) atoms. The van der Waals surface area contributed by atoms with Gasteiger partial charge in [-0.15, -0.1) is 0 Å². The first kappa shape index (κ1) is 8.91. The van der Waals surface area contributed by atoms with Gasteiger partial charge in [-0.1, -0.05) is 6.07 Å². The van der Waals surface area contributed by atoms with Gasteiger partial charge < -0.3 is 4.74 Å². The molecule has 0 aromatic heterocycles. The smallest absolute Gasteiger partial charge is 0.235 e. The van der Waals surface area contributed by atoms with E-state index in [1.54, 1.807) is 12.1 Å². The van der Waals surface area contributed by atoms with Gasteiger partial charge in [0, 0.05) is 6.42 Å². The number of benzene rings is 1. The van der Waals surface area contributed by atoms with E-state index in [2.05, 4.69) is 4.99 Å². The lowest BCUT2D eigenvalue weighted by molar-refractivity contribution is 0.264. The number of hydrogen-bond acceptors (Lipinski definition) is 3. The number of aliphatic imine (C=N–C) groups is 1. The standard InChI is InChI=1S/C10H8FNO2/c11-7-2-1-3-9-10(7)8(12-6-13)4-5-14-9/h1-3,8H,4-5H2. The number of rotatable bonds is 1. The molecule has 1 unspecified atom stereocenters. The predicted molar refractivity (Wildman–Crippen MR) is 47.4 cm³/mol. The molecule has 2 rings (SSSR count). The summed E-state index contributed by atoms with van der Waals surface area (Å²) in [5.74, 6) is 0.0893. The minimum absolute atomic E-state index is 0.363. The van der Waals surface area contributed by atoms with Crippen LogP contribution in [0.3, 0.4) is 0 Å². The van der Waals surface area contributed by atoms with Crippen LogP contribution in [0.4, 0.5) is 4.39 Å². The highest BCUT2D eigenvalue weighted by Crippen LogP contribution is 2.35. The Balaban J connectivity index is 2.51. The maximum absolute atomic E-state index is 13.4. The summed E-state index contributed by atoms with van der Waals surface area (Å²) in [4.78, 5) is 13.7. The number of fused-ring (bicyclic) bond motifs is 1. The Bertz CT molecular complexity index is 399. The largest absolute Gasteiger partial charge is 0.493 e. The molecule has 3 nitrogen and oxygen atoms in total. The van der Waals surface area contributed by atoms with E-state index in [0.717, 1.165) is 0 Å². The first-order valence-corrected chi connectivity index (χ1v) is 4.31. The van der Waals surface area contributed by atoms with Crippen LogP contribution in [0.5, 0.6) is 5.75 Å². The van der Waals surface area contributed by atoms with E-state index in [1.165, 1.54) is 12.1 Å². The molecule has 1 aromatic carbocycles. The van der Waals surface area contributed by atoms with Crippen molar-refractivity contribution in [3.63, 3.8) is 0 Å². The summed E-state index contributed by atoms with van der Waals surface area (Å²) in [5, 5.41) is 0. The van der Waals surface area contributed by atoms with Gasteiger partial charge in [-0.3, -0.25) is 0 Å². The number of isocyanates is 1. The van der Waals surface area contributed by atoms with E-state index in [9.17, 15) is 9.18 Å². The number of ether oxygens (including phenoxy) is 1. The molecule has 72 valence electrons. The third-order valence-corrected chi connectivity index (χ3v) is 2.20. The van der Waals surface area contributed by atoms with E-state index >= 15 is 0 Å². The Morgan fingerprint density at radius 2 is 2.43 bits per heavy atom. The van der Waals surface area contributed by atoms with Gasteiger partial charge in [0.25, 0.3) is 0 Å². The zero-order chi connectivity index (χ0) is 9.97. The van der Waals surface area contributed by atoms with Gasteiger partial charge in [-0.2, -0.15) is 4.99 Å². The maximum atomic E-state index is 13.4. The molecular formula is C10H8FNO2. The Labute approximate surface area is 80.2 Å². The second-order valence-corrected chi connectivity index (χ2v) is 3.02. The molecule has 1 aliphatic heterocycles. The van der Waals surface area contributed by atoms with E-state index in [-0.39, 0.29) is 5.82 Å². The number of halogens is 1. The summed E-state index contributed by atoms with van der Waals surface area (Å²) >= 11 is 0. The van der Waals surface area contributed by atoms with E-state index in [1.807, 2.05) is 0 Å². The second-order valence-electron chi connectivity index (χ2n) is 3.02. The van der Waals surface area contributed by atoms with Crippen molar-refractivity contribution in [1.29, 1.82) is 0 Å². The van der Waals surface area contributed by atoms with Gasteiger partial charge in [0.15, 0.2) is 0 Å². The molecule has 0 spiro atoms. The SMILES string of the molecule is O=C=NC1CCOc2cccc(F)c21. The molecule has 0 N–H and O–H groups in total. The zero-order valence-electron chi connectivity index (χ0n) is 7.37. The first-order chi connectivity index (χ1) is 6.83. The van der Waals surface area contributed by atoms with Crippen LogP contribution in [-0.4, -0.2) is 12.7 Å². The third-order valence-electron chi connectivity index (χ3n) is 2.20. The van der Waals surface area contributed by atoms with Crippen LogP contribution in [-0.2, 0) is 4.79 Å². The Kier molecular flexibility index (Phi) is 2.29. The molecule has 0 aliphatic carbocycles. The van der Waals surface area contributed by atoms with Crippen molar-refractivity contribution in [2.45, 2.75) is 12.5 Å². The highest BCUT2D eigenvalue weighted by Gasteiger charge is 2.24. The second kappa shape index (κ2) is 3.60. The molecular weight excluding hydrogens is 185 g/mol. The quantitative estimate of drug-likeness (QED) is 0.505. The van der Waals surface area contributed by atoms with Gasteiger partial charge in [-0.25, -0.2) is 9.18 Å². The van der Waals surface area contributed by atoms with Crippen molar-refractivity contribution < 1.29 is 13.9 Å². The Morgan fingerprint density at radius 1 is 1.57 bits per heavy atom. The molecule has 0 radical (unpaired) electrons. The number of carbonyl (C=O) groups excluding carboxylic acids is 1. The molecule has 0 amide bonds. The van der Waals surface area contributed by atoms with Crippen molar-refractivity contribution in [2.24, 2.45) is 4.99 Å². The van der Waals surface area contributed by atoms with Crippen molar-refractivity contribution in [3.05, 3.63) is 29.6 Å². The molecule has 0 bridgehead atoms. The highest BCUT2D eigenvalue weighted by atomic mass is 19.1. The Morgan fingerprint density at radius 3 is 3.21 bits per heavy atom. The molecule has 0 saturated carbocycles. The average Bonchev–Trinajstić information content (AvgIpc) is 2.19. The summed E-state index contributed by atoms with van der Waals surface area (Å²) in [6.45, 7) is 0.451. The van der Waals surface area contributed by atoms with Gasteiger partial charge >= 0.3 is 0 Å². The molecule has 1 aromatic rings. The normalized spacial score (nSPS) is 19.1. The van der Waals surface area contributed by atoms with Crippen LogP contribution in [0.2, 0.25) is 0 Å². The number of nitrogens with zero attached hydrogens (tertiary/aromatic N) is 1. The summed E-state index contributed by atoms with van der Waals surface area (Å²) in [6, 6.07) is 4.13. The van der Waals surface area contributed by atoms with Crippen LogP contribution in [0.15, 0.2) is 23.2 Å². The molecule has 1 heterocycles. The van der Waals surface area contributed by atoms with Gasteiger partial charge in [0.05, 0.1) is 18.2 Å². The fourth-order valence-electron chi connectivity index (χ4n) is 1.58. The van der Waals surface area contributed by atoms with E-state index < -0.39 is 6.04 Å². The summed E-state index contributed by atoms with van der Waals surface area (Å²) in [6.07, 6.45) is 1.98. The summed E-state index contributed by atoms with van der Waals surface area (Å²) in [7, 11) is 0. The maximum Gasteiger partial charge on any atom is 0.235 e. The van der Waals surface area contributed by atoms with Crippen molar-refractivity contribution in [3.8, 4) is 5.75 Å². The van der Waals surface area contributed by atoms with E-state index in [0.29, 0.717) is 24.3 Å². The molecule has 4 heteroatoms. The summed E-state index contributed by atoms with van der Waals surface area (Å²) in [5.41, 5.74) is 0.363. The molecule has 0 fully saturated rings. The van der Waals surface area contributed by atoms with Crippen LogP contribution in [0.1, 0.15) is 18.0 Å². The minimum atomic E-state index is -0.447. The van der Waals surface area contributed by atoms with Gasteiger partial charge in [0.1, 0.15) is 11.6 Å². The minimum Gasteiger partial charge on any atom is -0.493 e. The predicted octanol–water partition coefficient (Wildman–Crippen LogP) is 1.99. The van der Waals surface area contributed by atoms with Gasteiger partial charge in [0.2, 0.25) is 6.08 Å². The topological polar surface area (TPSA) is 38.7 Å². The monoisotopic (exact) mass is 193 g/mol. The lowest BCUT2D eigenvalue weighted by Gasteiger charge is -2.22. The van der Waals surface area contributed by atoms with Crippen LogP contribution in [0, 0.1) is 5.82 Å². The van der Waals surface area contributed by atoms with E-state index in [4.69, 9.17) is 4.74 Å². The summed E-state index contributed by atoms with van der Waals surface area (Å²) < 4.78 is 18.6. The van der Waals surface area contributed by atoms with Crippen molar-refractivity contribution in [2.75, 3.05) is 6.61 Å². The lowest BCUT2D eigenvalue weighted by Crippen LogP contribution is -2.14. The van der Waals surface area contributed by atoms with Crippen LogP contribution >= 0.6 is 0 Å². The lowest BCUT2D eigenvalue weighted by atomic mass is 10.0.